The van der Waals surface area contributed by atoms with Gasteiger partial charge in [0.2, 0.25) is 0 Å². The van der Waals surface area contributed by atoms with E-state index in [9.17, 15) is 4.79 Å². The second-order valence-corrected chi connectivity index (χ2v) is 5.31. The van der Waals surface area contributed by atoms with Crippen LogP contribution in [0, 0.1) is 5.92 Å². The molecule has 0 unspecified atom stereocenters. The van der Waals surface area contributed by atoms with Gasteiger partial charge in [0.15, 0.2) is 5.78 Å². The summed E-state index contributed by atoms with van der Waals surface area (Å²) >= 11 is 0. The zero-order valence-electron chi connectivity index (χ0n) is 12.3. The van der Waals surface area contributed by atoms with Gasteiger partial charge in [-0.15, -0.1) is 0 Å². The van der Waals surface area contributed by atoms with Crippen LogP contribution in [0.3, 0.4) is 0 Å². The highest BCUT2D eigenvalue weighted by Gasteiger charge is 2.06. The zero-order valence-corrected chi connectivity index (χ0v) is 12.3. The molecule has 0 amide bonds. The van der Waals surface area contributed by atoms with Crippen LogP contribution < -0.4 is 0 Å². The fourth-order valence-electron chi connectivity index (χ4n) is 1.71. The van der Waals surface area contributed by atoms with E-state index in [1.165, 1.54) is 5.56 Å². The maximum absolute atomic E-state index is 10.9. The molecule has 0 bridgehead atoms. The van der Waals surface area contributed by atoms with E-state index in [0.717, 1.165) is 5.57 Å². The molecule has 0 saturated heterocycles. The van der Waals surface area contributed by atoms with Gasteiger partial charge in [-0.3, -0.25) is 9.78 Å². The normalized spacial score (nSPS) is 14.2. The smallest absolute Gasteiger partial charge is 0.159 e. The summed E-state index contributed by atoms with van der Waals surface area (Å²) in [5, 5.41) is 0. The Balaban J connectivity index is 0.000000191. The minimum Gasteiger partial charge on any atom is -0.295 e. The minimum atomic E-state index is 0.228. The van der Waals surface area contributed by atoms with Gasteiger partial charge in [-0.25, -0.2) is 0 Å². The van der Waals surface area contributed by atoms with Crippen molar-refractivity contribution in [2.75, 3.05) is 0 Å². The molecule has 1 aliphatic carbocycles. The molecule has 1 aromatic heterocycles. The van der Waals surface area contributed by atoms with Gasteiger partial charge in [-0.05, 0) is 41.2 Å². The van der Waals surface area contributed by atoms with Crippen molar-refractivity contribution < 1.29 is 4.79 Å². The number of hydrogen-bond acceptors (Lipinski definition) is 2. The first-order chi connectivity index (χ1) is 9.00. The summed E-state index contributed by atoms with van der Waals surface area (Å²) in [7, 11) is 0. The van der Waals surface area contributed by atoms with E-state index in [1.807, 2.05) is 36.7 Å². The molecular formula is C17H23NO. The van der Waals surface area contributed by atoms with Crippen molar-refractivity contribution >= 4 is 5.78 Å². The van der Waals surface area contributed by atoms with Crippen LogP contribution >= 0.6 is 0 Å². The Labute approximate surface area is 116 Å². The summed E-state index contributed by atoms with van der Waals surface area (Å²) in [6.07, 6.45) is 9.94. The van der Waals surface area contributed by atoms with Crippen LogP contribution in [0.2, 0.25) is 0 Å². The van der Waals surface area contributed by atoms with Gasteiger partial charge in [-0.1, -0.05) is 39.8 Å². The van der Waals surface area contributed by atoms with Crippen LogP contribution in [-0.2, 0) is 4.79 Å². The topological polar surface area (TPSA) is 30.0 Å². The van der Waals surface area contributed by atoms with Gasteiger partial charge < -0.3 is 0 Å². The van der Waals surface area contributed by atoms with E-state index in [1.54, 1.807) is 6.08 Å². The largest absolute Gasteiger partial charge is 0.295 e. The fraction of sp³-hybridized carbons (Fsp3) is 0.412. The average molecular weight is 257 g/mol. The number of ketones is 1. The van der Waals surface area contributed by atoms with Crippen LogP contribution in [0.15, 0.2) is 48.3 Å². The first-order valence-electron chi connectivity index (χ1n) is 6.81. The summed E-state index contributed by atoms with van der Waals surface area (Å²) in [6, 6.07) is 4.09. The van der Waals surface area contributed by atoms with Crippen molar-refractivity contribution in [1.82, 2.24) is 4.98 Å². The molecule has 1 aliphatic rings. The summed E-state index contributed by atoms with van der Waals surface area (Å²) in [5.41, 5.74) is 2.50. The zero-order chi connectivity index (χ0) is 14.3. The molecule has 0 spiro atoms. The number of nitrogens with zero attached hydrogens (tertiary/aromatic N) is 1. The van der Waals surface area contributed by atoms with Crippen molar-refractivity contribution in [2.45, 2.75) is 40.0 Å². The Morgan fingerprint density at radius 3 is 2.05 bits per heavy atom. The third-order valence-electron chi connectivity index (χ3n) is 3.00. The first kappa shape index (κ1) is 15.4. The molecule has 102 valence electrons. The minimum absolute atomic E-state index is 0.228. The lowest BCUT2D eigenvalue weighted by molar-refractivity contribution is -0.114. The molecule has 0 radical (unpaired) electrons. The Morgan fingerprint density at radius 2 is 1.68 bits per heavy atom. The first-order valence-corrected chi connectivity index (χ1v) is 6.81. The highest BCUT2D eigenvalue weighted by atomic mass is 16.1. The van der Waals surface area contributed by atoms with Crippen LogP contribution in [0.25, 0.3) is 0 Å². The summed E-state index contributed by atoms with van der Waals surface area (Å²) in [5.74, 6) is 1.32. The molecule has 2 heteroatoms. The van der Waals surface area contributed by atoms with Crippen molar-refractivity contribution in [3.63, 3.8) is 0 Å². The molecule has 2 rings (SSSR count). The van der Waals surface area contributed by atoms with Crippen molar-refractivity contribution in [3.8, 4) is 0 Å². The third kappa shape index (κ3) is 5.64. The predicted octanol–water partition coefficient (Wildman–Crippen LogP) is 4.30. The predicted molar refractivity (Wildman–Crippen MR) is 80.0 cm³/mol. The Hall–Kier alpha value is -1.70. The lowest BCUT2D eigenvalue weighted by Crippen LogP contribution is -2.01. The number of aromatic nitrogens is 1. The number of hydrogen-bond donors (Lipinski definition) is 0. The van der Waals surface area contributed by atoms with E-state index in [2.05, 4.69) is 32.7 Å². The lowest BCUT2D eigenvalue weighted by atomic mass is 9.97. The quantitative estimate of drug-likeness (QED) is 0.790. The highest BCUT2D eigenvalue weighted by Crippen LogP contribution is 2.15. The summed E-state index contributed by atoms with van der Waals surface area (Å²) in [4.78, 5) is 14.8. The monoisotopic (exact) mass is 257 g/mol. The summed E-state index contributed by atoms with van der Waals surface area (Å²) in [6.45, 7) is 8.54. The lowest BCUT2D eigenvalue weighted by Gasteiger charge is -2.08. The molecule has 0 N–H and O–H groups in total. The third-order valence-corrected chi connectivity index (χ3v) is 3.00. The Morgan fingerprint density at radius 1 is 1.05 bits per heavy atom. The van der Waals surface area contributed by atoms with E-state index >= 15 is 0 Å². The molecular weight excluding hydrogens is 234 g/mol. The van der Waals surface area contributed by atoms with Gasteiger partial charge in [0.05, 0.1) is 0 Å². The molecule has 19 heavy (non-hydrogen) atoms. The molecule has 1 heterocycles. The number of allylic oxidation sites excluding steroid dienone is 4. The van der Waals surface area contributed by atoms with Crippen molar-refractivity contribution in [2.24, 2.45) is 5.92 Å². The second kappa shape index (κ2) is 7.67. The van der Waals surface area contributed by atoms with Crippen LogP contribution in [0.5, 0.6) is 0 Å². The molecule has 0 atom stereocenters. The maximum Gasteiger partial charge on any atom is 0.159 e. The van der Waals surface area contributed by atoms with E-state index < -0.39 is 0 Å². The van der Waals surface area contributed by atoms with E-state index in [0.29, 0.717) is 18.3 Å². The maximum atomic E-state index is 10.9. The Bertz CT molecular complexity index is 455. The molecule has 0 fully saturated rings. The van der Waals surface area contributed by atoms with Gasteiger partial charge in [0, 0.05) is 18.8 Å². The van der Waals surface area contributed by atoms with E-state index in [4.69, 9.17) is 0 Å². The van der Waals surface area contributed by atoms with Crippen molar-refractivity contribution in [3.05, 3.63) is 53.9 Å². The van der Waals surface area contributed by atoms with Gasteiger partial charge >= 0.3 is 0 Å². The Kier molecular flexibility index (Phi) is 6.20. The molecule has 0 aliphatic heterocycles. The number of carbonyl (C=O) groups is 1. The highest BCUT2D eigenvalue weighted by molar-refractivity contribution is 5.93. The SMILES string of the molecule is CC(C)C1=CC(=O)CC=C1.CC(C)c1ccncc1. The van der Waals surface area contributed by atoms with Gasteiger partial charge in [0.25, 0.3) is 0 Å². The number of rotatable bonds is 2. The molecule has 1 aromatic rings. The molecule has 0 saturated carbocycles. The second-order valence-electron chi connectivity index (χ2n) is 5.31. The van der Waals surface area contributed by atoms with Crippen LogP contribution in [0.1, 0.15) is 45.6 Å². The number of pyridine rings is 1. The average Bonchev–Trinajstić information content (AvgIpc) is 2.40. The van der Waals surface area contributed by atoms with Gasteiger partial charge in [-0.2, -0.15) is 0 Å². The van der Waals surface area contributed by atoms with Gasteiger partial charge in [0.1, 0.15) is 0 Å². The summed E-state index contributed by atoms with van der Waals surface area (Å²) < 4.78 is 0. The fourth-order valence-corrected chi connectivity index (χ4v) is 1.71. The van der Waals surface area contributed by atoms with E-state index in [-0.39, 0.29) is 5.78 Å². The number of carbonyl (C=O) groups excluding carboxylic acids is 1. The van der Waals surface area contributed by atoms with Crippen molar-refractivity contribution in [1.29, 1.82) is 0 Å². The van der Waals surface area contributed by atoms with Crippen LogP contribution in [0.4, 0.5) is 0 Å². The molecule has 2 nitrogen and oxygen atoms in total. The van der Waals surface area contributed by atoms with Crippen LogP contribution in [-0.4, -0.2) is 10.8 Å². The molecule has 0 aromatic carbocycles. The standard InChI is InChI=1S/C9H12O.C8H11N/c1-7(2)8-4-3-5-9(10)6-8;1-7(2)8-3-5-9-6-4-8/h3-4,6-7H,5H2,1-2H3;3-7H,1-2H3.